The van der Waals surface area contributed by atoms with Gasteiger partial charge in [0.25, 0.3) is 0 Å². The maximum Gasteiger partial charge on any atom is 0.407 e. The van der Waals surface area contributed by atoms with Gasteiger partial charge in [0.05, 0.1) is 0 Å². The first-order valence-corrected chi connectivity index (χ1v) is 10.2. The van der Waals surface area contributed by atoms with E-state index in [4.69, 9.17) is 4.74 Å². The van der Waals surface area contributed by atoms with Gasteiger partial charge in [0.2, 0.25) is 0 Å². The lowest BCUT2D eigenvalue weighted by Gasteiger charge is -2.45. The van der Waals surface area contributed by atoms with Crippen LogP contribution in [0.1, 0.15) is 64.0 Å². The van der Waals surface area contributed by atoms with E-state index in [-0.39, 0.29) is 6.09 Å². The van der Waals surface area contributed by atoms with Crippen molar-refractivity contribution in [1.82, 2.24) is 10.2 Å². The number of hydrogen-bond donors (Lipinski definition) is 1. The van der Waals surface area contributed by atoms with Gasteiger partial charge in [-0.3, -0.25) is 0 Å². The van der Waals surface area contributed by atoms with Gasteiger partial charge >= 0.3 is 6.09 Å². The van der Waals surface area contributed by atoms with Gasteiger partial charge in [0.1, 0.15) is 5.60 Å². The topological polar surface area (TPSA) is 41.6 Å². The summed E-state index contributed by atoms with van der Waals surface area (Å²) in [6.45, 7) is 9.73. The van der Waals surface area contributed by atoms with Crippen LogP contribution in [0.5, 0.6) is 0 Å². The van der Waals surface area contributed by atoms with E-state index in [0.717, 1.165) is 13.0 Å². The highest BCUT2D eigenvalue weighted by Gasteiger charge is 2.38. The Morgan fingerprint density at radius 2 is 1.92 bits per heavy atom. The lowest BCUT2D eigenvalue weighted by Crippen LogP contribution is -2.45. The fourth-order valence-electron chi connectivity index (χ4n) is 4.54. The van der Waals surface area contributed by atoms with Gasteiger partial charge in [-0.25, -0.2) is 4.79 Å². The van der Waals surface area contributed by atoms with Crippen molar-refractivity contribution in [2.45, 2.75) is 70.3 Å². The van der Waals surface area contributed by atoms with Crippen LogP contribution in [-0.2, 0) is 16.6 Å². The summed E-state index contributed by atoms with van der Waals surface area (Å²) in [4.78, 5) is 14.2. The highest BCUT2D eigenvalue weighted by atomic mass is 16.6. The predicted molar refractivity (Wildman–Crippen MR) is 106 cm³/mol. The predicted octanol–water partition coefficient (Wildman–Crippen LogP) is 4.27. The van der Waals surface area contributed by atoms with E-state index in [1.54, 1.807) is 11.1 Å². The number of nitrogens with one attached hydrogen (secondary N) is 1. The number of piperidine rings is 1. The maximum absolute atomic E-state index is 11.7. The molecule has 0 aromatic heterocycles. The van der Waals surface area contributed by atoms with Crippen LogP contribution in [0.25, 0.3) is 0 Å². The zero-order valence-electron chi connectivity index (χ0n) is 16.6. The molecule has 0 bridgehead atoms. The van der Waals surface area contributed by atoms with Crippen molar-refractivity contribution in [3.05, 3.63) is 35.4 Å². The second-order valence-electron chi connectivity index (χ2n) is 8.91. The van der Waals surface area contributed by atoms with E-state index in [1.807, 2.05) is 20.8 Å². The van der Waals surface area contributed by atoms with Crippen molar-refractivity contribution in [3.63, 3.8) is 0 Å². The second-order valence-corrected chi connectivity index (χ2v) is 8.91. The van der Waals surface area contributed by atoms with E-state index in [9.17, 15) is 4.79 Å². The summed E-state index contributed by atoms with van der Waals surface area (Å²) in [5.74, 6) is 0. The molecule has 0 radical (unpaired) electrons. The van der Waals surface area contributed by atoms with E-state index < -0.39 is 5.60 Å². The van der Waals surface area contributed by atoms with Crippen molar-refractivity contribution in [2.24, 2.45) is 0 Å². The van der Waals surface area contributed by atoms with Crippen LogP contribution >= 0.6 is 0 Å². The molecule has 3 rings (SSSR count). The standard InChI is InChI=1S/C22H34N2O2/c1-21(2,3)26-20(25)23-14-7-15-24-16-12-22(13-17-24)11-6-9-18-8-4-5-10-19(18)22/h4-5,8,10H,6-7,9,11-17H2,1-3H3,(H,23,25). The molecule has 4 heteroatoms. The van der Waals surface area contributed by atoms with E-state index in [1.165, 1.54) is 45.2 Å². The molecule has 1 aromatic carbocycles. The number of likely N-dealkylation sites (tertiary alicyclic amines) is 1. The molecular weight excluding hydrogens is 324 g/mol. The van der Waals surface area contributed by atoms with Gasteiger partial charge in [-0.05, 0) is 95.5 Å². The fourth-order valence-corrected chi connectivity index (χ4v) is 4.54. The van der Waals surface area contributed by atoms with Crippen LogP contribution in [0.4, 0.5) is 4.79 Å². The highest BCUT2D eigenvalue weighted by molar-refractivity contribution is 5.67. The first-order valence-electron chi connectivity index (χ1n) is 10.2. The van der Waals surface area contributed by atoms with Crippen molar-refractivity contribution < 1.29 is 9.53 Å². The van der Waals surface area contributed by atoms with Gasteiger partial charge in [-0.1, -0.05) is 24.3 Å². The van der Waals surface area contributed by atoms with Crippen molar-refractivity contribution in [1.29, 1.82) is 0 Å². The molecule has 1 heterocycles. The Balaban J connectivity index is 1.42. The Morgan fingerprint density at radius 3 is 2.65 bits per heavy atom. The molecule has 1 spiro atoms. The highest BCUT2D eigenvalue weighted by Crippen LogP contribution is 2.44. The number of rotatable bonds is 4. The molecule has 26 heavy (non-hydrogen) atoms. The number of benzene rings is 1. The number of hydrogen-bond acceptors (Lipinski definition) is 3. The maximum atomic E-state index is 11.7. The second kappa shape index (κ2) is 7.99. The Kier molecular flexibility index (Phi) is 5.91. The average molecular weight is 359 g/mol. The van der Waals surface area contributed by atoms with Crippen LogP contribution < -0.4 is 5.32 Å². The van der Waals surface area contributed by atoms with Gasteiger partial charge in [0.15, 0.2) is 0 Å². The summed E-state index contributed by atoms with van der Waals surface area (Å²) >= 11 is 0. The molecule has 2 aliphatic rings. The minimum absolute atomic E-state index is 0.311. The summed E-state index contributed by atoms with van der Waals surface area (Å²) in [5, 5.41) is 2.86. The molecule has 0 atom stereocenters. The van der Waals surface area contributed by atoms with Gasteiger partial charge in [-0.2, -0.15) is 0 Å². The molecule has 1 aliphatic heterocycles. The molecule has 1 amide bonds. The molecule has 144 valence electrons. The van der Waals surface area contributed by atoms with Crippen LogP contribution in [0.2, 0.25) is 0 Å². The summed E-state index contributed by atoms with van der Waals surface area (Å²) in [7, 11) is 0. The fraction of sp³-hybridized carbons (Fsp3) is 0.682. The monoisotopic (exact) mass is 358 g/mol. The van der Waals surface area contributed by atoms with E-state index in [2.05, 4.69) is 34.5 Å². The third kappa shape index (κ3) is 4.79. The minimum Gasteiger partial charge on any atom is -0.444 e. The van der Waals surface area contributed by atoms with Crippen LogP contribution in [0, 0.1) is 0 Å². The van der Waals surface area contributed by atoms with Crippen LogP contribution in [-0.4, -0.2) is 42.8 Å². The lowest BCUT2D eigenvalue weighted by molar-refractivity contribution is 0.0524. The number of amides is 1. The normalized spacial score (nSPS) is 19.8. The van der Waals surface area contributed by atoms with Gasteiger partial charge < -0.3 is 15.0 Å². The largest absolute Gasteiger partial charge is 0.444 e. The van der Waals surface area contributed by atoms with Gasteiger partial charge in [-0.15, -0.1) is 0 Å². The summed E-state index contributed by atoms with van der Waals surface area (Å²) in [6.07, 6.45) is 7.12. The molecule has 0 unspecified atom stereocenters. The van der Waals surface area contributed by atoms with Crippen LogP contribution in [0.15, 0.2) is 24.3 Å². The van der Waals surface area contributed by atoms with Crippen LogP contribution in [0.3, 0.4) is 0 Å². The number of carbonyl (C=O) groups is 1. The van der Waals surface area contributed by atoms with E-state index >= 15 is 0 Å². The number of fused-ring (bicyclic) bond motifs is 2. The van der Waals surface area contributed by atoms with E-state index in [0.29, 0.717) is 12.0 Å². The Labute approximate surface area is 158 Å². The molecule has 0 saturated carbocycles. The molecule has 1 aliphatic carbocycles. The molecule has 1 N–H and O–H groups in total. The molecule has 1 fully saturated rings. The Hall–Kier alpha value is -1.55. The number of alkyl carbamates (subject to hydrolysis) is 1. The first-order chi connectivity index (χ1) is 12.4. The van der Waals surface area contributed by atoms with Gasteiger partial charge in [0, 0.05) is 6.54 Å². The average Bonchev–Trinajstić information content (AvgIpc) is 2.59. The molecule has 1 saturated heterocycles. The number of ether oxygens (including phenoxy) is 1. The summed E-state index contributed by atoms with van der Waals surface area (Å²) < 4.78 is 5.27. The van der Waals surface area contributed by atoms with Crippen molar-refractivity contribution >= 4 is 6.09 Å². The Morgan fingerprint density at radius 1 is 1.19 bits per heavy atom. The third-order valence-electron chi connectivity index (χ3n) is 5.82. The van der Waals surface area contributed by atoms with Crippen molar-refractivity contribution in [2.75, 3.05) is 26.2 Å². The number of carbonyl (C=O) groups excluding carboxylic acids is 1. The summed E-state index contributed by atoms with van der Waals surface area (Å²) in [5.41, 5.74) is 3.19. The number of aryl methyl sites for hydroxylation is 1. The molecule has 4 nitrogen and oxygen atoms in total. The first kappa shape index (κ1) is 19.2. The quantitative estimate of drug-likeness (QED) is 0.817. The number of nitrogens with zero attached hydrogens (tertiary/aromatic N) is 1. The smallest absolute Gasteiger partial charge is 0.407 e. The zero-order valence-corrected chi connectivity index (χ0v) is 16.6. The molecule has 1 aromatic rings. The third-order valence-corrected chi connectivity index (χ3v) is 5.82. The molecular formula is C22H34N2O2. The summed E-state index contributed by atoms with van der Waals surface area (Å²) in [6, 6.07) is 9.09. The Bertz CT molecular complexity index is 613. The zero-order chi connectivity index (χ0) is 18.6. The van der Waals surface area contributed by atoms with Crippen molar-refractivity contribution in [3.8, 4) is 0 Å². The lowest BCUT2D eigenvalue weighted by atomic mass is 9.65. The minimum atomic E-state index is -0.429. The SMILES string of the molecule is CC(C)(C)OC(=O)NCCCN1CCC2(CCCc3ccccc32)CC1.